The highest BCUT2D eigenvalue weighted by Crippen LogP contribution is 2.28. The fourth-order valence-electron chi connectivity index (χ4n) is 3.28. The Morgan fingerprint density at radius 2 is 1.67 bits per heavy atom. The third kappa shape index (κ3) is 7.50. The van der Waals surface area contributed by atoms with Crippen molar-refractivity contribution in [1.29, 1.82) is 0 Å². The van der Waals surface area contributed by atoms with Gasteiger partial charge in [-0.3, -0.25) is 9.59 Å². The van der Waals surface area contributed by atoms with Gasteiger partial charge in [-0.15, -0.1) is 0 Å². The lowest BCUT2D eigenvalue weighted by atomic mass is 9.83. The Kier molecular flexibility index (Phi) is 9.73. The van der Waals surface area contributed by atoms with Crippen molar-refractivity contribution in [2.24, 2.45) is 17.8 Å². The number of allylic oxidation sites excluding steroid dienone is 2. The second kappa shape index (κ2) is 11.3. The van der Waals surface area contributed by atoms with Crippen LogP contribution in [0.4, 0.5) is 0 Å². The van der Waals surface area contributed by atoms with Gasteiger partial charge in [0.2, 0.25) is 0 Å². The zero-order chi connectivity index (χ0) is 17.9. The molecule has 24 heavy (non-hydrogen) atoms. The van der Waals surface area contributed by atoms with Crippen molar-refractivity contribution in [1.82, 2.24) is 0 Å². The van der Waals surface area contributed by atoms with E-state index in [-0.39, 0.29) is 12.1 Å². The summed E-state index contributed by atoms with van der Waals surface area (Å²) in [5, 5.41) is 9.30. The van der Waals surface area contributed by atoms with E-state index in [0.29, 0.717) is 12.8 Å². The first-order valence-electron chi connectivity index (χ1n) is 9.54. The number of carboxylic acid groups (broad SMARTS) is 1. The van der Waals surface area contributed by atoms with Gasteiger partial charge in [0.25, 0.3) is 0 Å². The molecule has 1 aliphatic rings. The number of unbranched alkanes of at least 4 members (excludes halogenated alkanes) is 2. The molecule has 4 heteroatoms. The standard InChI is InChI=1S/C20H34O4/c1-4-10-16(12-7-5-6-11-15(2)3)24-20(23)18-14-9-8-13-17(18)19(21)22/h8-9,15-18H,4-7,10-14H2,1-3H3,(H,21,22). The number of rotatable bonds is 11. The minimum Gasteiger partial charge on any atom is -0.481 e. The Bertz CT molecular complexity index is 414. The number of ether oxygens (including phenoxy) is 1. The summed E-state index contributed by atoms with van der Waals surface area (Å²) in [5.41, 5.74) is 0. The van der Waals surface area contributed by atoms with Gasteiger partial charge in [0.05, 0.1) is 11.8 Å². The van der Waals surface area contributed by atoms with Gasteiger partial charge in [0.1, 0.15) is 6.10 Å². The number of carbonyl (C=O) groups excluding carboxylic acids is 1. The number of hydrogen-bond donors (Lipinski definition) is 1. The maximum absolute atomic E-state index is 12.5. The van der Waals surface area contributed by atoms with Crippen molar-refractivity contribution in [2.45, 2.75) is 84.7 Å². The van der Waals surface area contributed by atoms with Gasteiger partial charge in [0.15, 0.2) is 0 Å². The molecule has 0 aromatic heterocycles. The largest absolute Gasteiger partial charge is 0.481 e. The molecule has 4 nitrogen and oxygen atoms in total. The van der Waals surface area contributed by atoms with Gasteiger partial charge < -0.3 is 9.84 Å². The molecule has 0 aliphatic heterocycles. The maximum atomic E-state index is 12.5. The fraction of sp³-hybridized carbons (Fsp3) is 0.800. The quantitative estimate of drug-likeness (QED) is 0.328. The summed E-state index contributed by atoms with van der Waals surface area (Å²) < 4.78 is 5.70. The third-order valence-corrected chi connectivity index (χ3v) is 4.75. The average Bonchev–Trinajstić information content (AvgIpc) is 2.54. The average molecular weight is 338 g/mol. The van der Waals surface area contributed by atoms with Crippen molar-refractivity contribution >= 4 is 11.9 Å². The highest BCUT2D eigenvalue weighted by Gasteiger charge is 2.35. The summed E-state index contributed by atoms with van der Waals surface area (Å²) in [6.45, 7) is 6.56. The van der Waals surface area contributed by atoms with Crippen molar-refractivity contribution in [3.05, 3.63) is 12.2 Å². The van der Waals surface area contributed by atoms with Crippen LogP contribution in [0.15, 0.2) is 12.2 Å². The second-order valence-corrected chi connectivity index (χ2v) is 7.37. The summed E-state index contributed by atoms with van der Waals surface area (Å²) in [5.74, 6) is -1.67. The lowest BCUT2D eigenvalue weighted by Crippen LogP contribution is -2.34. The predicted molar refractivity (Wildman–Crippen MR) is 95.7 cm³/mol. The number of aliphatic carboxylic acids is 1. The zero-order valence-corrected chi connectivity index (χ0v) is 15.5. The number of esters is 1. The summed E-state index contributed by atoms with van der Waals surface area (Å²) in [7, 11) is 0. The van der Waals surface area contributed by atoms with Crippen LogP contribution < -0.4 is 0 Å². The second-order valence-electron chi connectivity index (χ2n) is 7.37. The molecule has 0 bridgehead atoms. The van der Waals surface area contributed by atoms with Crippen LogP contribution in [0, 0.1) is 17.8 Å². The normalized spacial score (nSPS) is 21.7. The topological polar surface area (TPSA) is 63.6 Å². The Morgan fingerprint density at radius 1 is 1.04 bits per heavy atom. The van der Waals surface area contributed by atoms with Gasteiger partial charge >= 0.3 is 11.9 Å². The fourth-order valence-corrected chi connectivity index (χ4v) is 3.28. The highest BCUT2D eigenvalue weighted by atomic mass is 16.5. The molecular formula is C20H34O4. The van der Waals surface area contributed by atoms with Crippen molar-refractivity contribution in [3.63, 3.8) is 0 Å². The van der Waals surface area contributed by atoms with Gasteiger partial charge in [-0.05, 0) is 38.0 Å². The zero-order valence-electron chi connectivity index (χ0n) is 15.5. The molecule has 0 fully saturated rings. The lowest BCUT2D eigenvalue weighted by Gasteiger charge is -2.26. The van der Waals surface area contributed by atoms with Crippen LogP contribution in [0.3, 0.4) is 0 Å². The molecule has 0 saturated carbocycles. The van der Waals surface area contributed by atoms with Crippen LogP contribution >= 0.6 is 0 Å². The van der Waals surface area contributed by atoms with Crippen LogP contribution in [0.1, 0.15) is 78.6 Å². The first-order chi connectivity index (χ1) is 11.5. The molecule has 0 radical (unpaired) electrons. The molecule has 1 rings (SSSR count). The van der Waals surface area contributed by atoms with Gasteiger partial charge in [0, 0.05) is 0 Å². The third-order valence-electron chi connectivity index (χ3n) is 4.75. The monoisotopic (exact) mass is 338 g/mol. The van der Waals surface area contributed by atoms with E-state index in [1.54, 1.807) is 0 Å². The highest BCUT2D eigenvalue weighted by molar-refractivity contribution is 5.81. The summed E-state index contributed by atoms with van der Waals surface area (Å²) in [6.07, 6.45) is 12.0. The molecule has 0 saturated heterocycles. The molecule has 138 valence electrons. The van der Waals surface area contributed by atoms with Gasteiger partial charge in [-0.2, -0.15) is 0 Å². The van der Waals surface area contributed by atoms with E-state index in [1.165, 1.54) is 19.3 Å². The molecule has 3 atom stereocenters. The van der Waals surface area contributed by atoms with E-state index in [2.05, 4.69) is 20.8 Å². The maximum Gasteiger partial charge on any atom is 0.310 e. The van der Waals surface area contributed by atoms with Gasteiger partial charge in [-0.1, -0.05) is 58.6 Å². The Labute approximate surface area is 146 Å². The molecule has 1 aliphatic carbocycles. The molecule has 0 aromatic carbocycles. The number of carboxylic acids is 1. The Balaban J connectivity index is 2.46. The number of hydrogen-bond acceptors (Lipinski definition) is 3. The minimum absolute atomic E-state index is 0.0677. The van der Waals surface area contributed by atoms with E-state index in [9.17, 15) is 14.7 Å². The van der Waals surface area contributed by atoms with E-state index in [1.807, 2.05) is 12.2 Å². The van der Waals surface area contributed by atoms with E-state index < -0.39 is 17.8 Å². The van der Waals surface area contributed by atoms with Gasteiger partial charge in [-0.25, -0.2) is 0 Å². The predicted octanol–water partition coefficient (Wildman–Crippen LogP) is 4.97. The lowest BCUT2D eigenvalue weighted by molar-refractivity contribution is -0.162. The van der Waals surface area contributed by atoms with Crippen LogP contribution in [0.5, 0.6) is 0 Å². The first kappa shape index (κ1) is 20.7. The van der Waals surface area contributed by atoms with E-state index >= 15 is 0 Å². The summed E-state index contributed by atoms with van der Waals surface area (Å²) in [6, 6.07) is 0. The summed E-state index contributed by atoms with van der Waals surface area (Å²) >= 11 is 0. The Morgan fingerprint density at radius 3 is 2.25 bits per heavy atom. The van der Waals surface area contributed by atoms with Crippen LogP contribution in [-0.2, 0) is 14.3 Å². The molecule has 0 amide bonds. The first-order valence-corrected chi connectivity index (χ1v) is 9.54. The molecule has 3 unspecified atom stereocenters. The SMILES string of the molecule is CCCC(CCCCCC(C)C)OC(=O)C1CC=CCC1C(=O)O. The van der Waals surface area contributed by atoms with Crippen molar-refractivity contribution < 1.29 is 19.4 Å². The molecule has 0 heterocycles. The number of carbonyl (C=O) groups is 2. The molecule has 0 spiro atoms. The Hall–Kier alpha value is -1.32. The smallest absolute Gasteiger partial charge is 0.310 e. The molecule has 1 N–H and O–H groups in total. The molecule has 0 aromatic rings. The van der Waals surface area contributed by atoms with Crippen molar-refractivity contribution in [2.75, 3.05) is 0 Å². The van der Waals surface area contributed by atoms with Crippen LogP contribution in [0.2, 0.25) is 0 Å². The van der Waals surface area contributed by atoms with Crippen LogP contribution in [-0.4, -0.2) is 23.1 Å². The molecular weight excluding hydrogens is 304 g/mol. The van der Waals surface area contributed by atoms with Crippen LogP contribution in [0.25, 0.3) is 0 Å². The van der Waals surface area contributed by atoms with Crippen molar-refractivity contribution in [3.8, 4) is 0 Å². The summed E-state index contributed by atoms with van der Waals surface area (Å²) in [4.78, 5) is 23.8. The van der Waals surface area contributed by atoms with E-state index in [0.717, 1.165) is 31.6 Å². The van der Waals surface area contributed by atoms with E-state index in [4.69, 9.17) is 4.74 Å². The minimum atomic E-state index is -0.901.